The maximum absolute atomic E-state index is 13.0. The zero-order valence-corrected chi connectivity index (χ0v) is 16.6. The highest BCUT2D eigenvalue weighted by Crippen LogP contribution is 2.27. The standard InChI is InChI=1S/C22H24N4O3/c1-25(18-8-4-3-5-9-18)21(27)17-7-6-14-26(15-17)22-23-20(24-29-22)16-10-12-19(28-2)13-11-16/h3-5,8-13,17H,6-7,14-15H2,1-2H3. The van der Waals surface area contributed by atoms with Crippen LogP contribution in [0.2, 0.25) is 0 Å². The zero-order chi connectivity index (χ0) is 20.2. The molecule has 2 heterocycles. The van der Waals surface area contributed by atoms with Gasteiger partial charge in [0.15, 0.2) is 0 Å². The molecule has 1 aliphatic heterocycles. The number of amides is 1. The van der Waals surface area contributed by atoms with E-state index < -0.39 is 0 Å². The van der Waals surface area contributed by atoms with E-state index in [4.69, 9.17) is 9.26 Å². The largest absolute Gasteiger partial charge is 0.497 e. The fraction of sp³-hybridized carbons (Fsp3) is 0.318. The van der Waals surface area contributed by atoms with Crippen molar-refractivity contribution in [3.05, 3.63) is 54.6 Å². The Morgan fingerprint density at radius 1 is 1.17 bits per heavy atom. The van der Waals surface area contributed by atoms with Gasteiger partial charge in [-0.1, -0.05) is 23.4 Å². The lowest BCUT2D eigenvalue weighted by molar-refractivity contribution is -0.122. The molecule has 7 nitrogen and oxygen atoms in total. The van der Waals surface area contributed by atoms with Crippen LogP contribution in [0.4, 0.5) is 11.7 Å². The van der Waals surface area contributed by atoms with Gasteiger partial charge in [-0.3, -0.25) is 4.79 Å². The molecule has 0 bridgehead atoms. The number of nitrogens with zero attached hydrogens (tertiary/aromatic N) is 4. The molecule has 7 heteroatoms. The molecule has 0 spiro atoms. The third kappa shape index (κ3) is 4.08. The second-order valence-corrected chi connectivity index (χ2v) is 7.15. The molecule has 2 aromatic carbocycles. The van der Waals surface area contributed by atoms with Crippen LogP contribution in [0, 0.1) is 5.92 Å². The Balaban J connectivity index is 1.46. The average Bonchev–Trinajstić information content (AvgIpc) is 3.29. The molecule has 1 unspecified atom stereocenters. The summed E-state index contributed by atoms with van der Waals surface area (Å²) in [6.07, 6.45) is 1.76. The van der Waals surface area contributed by atoms with Gasteiger partial charge in [-0.15, -0.1) is 0 Å². The van der Waals surface area contributed by atoms with Crippen LogP contribution in [0.25, 0.3) is 11.4 Å². The normalized spacial score (nSPS) is 16.5. The Morgan fingerprint density at radius 3 is 2.66 bits per heavy atom. The first-order chi connectivity index (χ1) is 14.2. The first-order valence-corrected chi connectivity index (χ1v) is 9.71. The predicted octanol–water partition coefficient (Wildman–Crippen LogP) is 3.62. The number of carbonyl (C=O) groups excluding carboxylic acids is 1. The Kier molecular flexibility index (Phi) is 5.46. The third-order valence-electron chi connectivity index (χ3n) is 5.28. The minimum absolute atomic E-state index is 0.106. The Bertz CT molecular complexity index is 956. The number of methoxy groups -OCH3 is 1. The Morgan fingerprint density at radius 2 is 1.93 bits per heavy atom. The van der Waals surface area contributed by atoms with Gasteiger partial charge in [0.05, 0.1) is 13.0 Å². The van der Waals surface area contributed by atoms with E-state index >= 15 is 0 Å². The number of anilines is 2. The molecular weight excluding hydrogens is 368 g/mol. The van der Waals surface area contributed by atoms with Crippen molar-refractivity contribution in [3.8, 4) is 17.1 Å². The van der Waals surface area contributed by atoms with Crippen LogP contribution in [-0.2, 0) is 4.79 Å². The Labute approximate surface area is 169 Å². The second-order valence-electron chi connectivity index (χ2n) is 7.15. The summed E-state index contributed by atoms with van der Waals surface area (Å²) in [7, 11) is 3.45. The van der Waals surface area contributed by atoms with E-state index in [0.717, 1.165) is 36.4 Å². The molecule has 1 amide bonds. The summed E-state index contributed by atoms with van der Waals surface area (Å²) < 4.78 is 10.7. The quantitative estimate of drug-likeness (QED) is 0.660. The summed E-state index contributed by atoms with van der Waals surface area (Å²) in [6.45, 7) is 1.36. The first kappa shape index (κ1) is 19.0. The van der Waals surface area contributed by atoms with Crippen LogP contribution in [0.5, 0.6) is 5.75 Å². The van der Waals surface area contributed by atoms with Crippen molar-refractivity contribution in [1.29, 1.82) is 0 Å². The number of hydrogen-bond donors (Lipinski definition) is 0. The summed E-state index contributed by atoms with van der Waals surface area (Å²) in [5.41, 5.74) is 1.75. The fourth-order valence-corrected chi connectivity index (χ4v) is 3.61. The second kappa shape index (κ2) is 8.34. The maximum atomic E-state index is 13.0. The van der Waals surface area contributed by atoms with Gasteiger partial charge in [-0.05, 0) is 49.2 Å². The number of para-hydroxylation sites is 1. The molecule has 1 saturated heterocycles. The summed E-state index contributed by atoms with van der Waals surface area (Å²) in [5, 5.41) is 4.11. The SMILES string of the molecule is COc1ccc(-c2noc(N3CCCC(C(=O)N(C)c4ccccc4)C3)n2)cc1. The number of ether oxygens (including phenoxy) is 1. The highest BCUT2D eigenvalue weighted by molar-refractivity contribution is 5.94. The third-order valence-corrected chi connectivity index (χ3v) is 5.28. The molecule has 1 fully saturated rings. The molecule has 0 saturated carbocycles. The van der Waals surface area contributed by atoms with E-state index in [1.165, 1.54) is 0 Å². The molecule has 0 radical (unpaired) electrons. The topological polar surface area (TPSA) is 71.7 Å². The minimum Gasteiger partial charge on any atom is -0.497 e. The lowest BCUT2D eigenvalue weighted by Gasteiger charge is -2.32. The number of benzene rings is 2. The van der Waals surface area contributed by atoms with E-state index in [2.05, 4.69) is 10.1 Å². The zero-order valence-electron chi connectivity index (χ0n) is 16.6. The lowest BCUT2D eigenvalue weighted by Crippen LogP contribution is -2.44. The van der Waals surface area contributed by atoms with Crippen molar-refractivity contribution in [3.63, 3.8) is 0 Å². The molecule has 0 aliphatic carbocycles. The van der Waals surface area contributed by atoms with Crippen molar-refractivity contribution in [1.82, 2.24) is 10.1 Å². The molecular formula is C22H24N4O3. The van der Waals surface area contributed by atoms with Gasteiger partial charge in [-0.25, -0.2) is 0 Å². The van der Waals surface area contributed by atoms with Crippen LogP contribution in [0.15, 0.2) is 59.1 Å². The smallest absolute Gasteiger partial charge is 0.324 e. The number of aromatic nitrogens is 2. The average molecular weight is 392 g/mol. The van der Waals surface area contributed by atoms with E-state index in [0.29, 0.717) is 18.4 Å². The van der Waals surface area contributed by atoms with Gasteiger partial charge in [0, 0.05) is 31.4 Å². The fourth-order valence-electron chi connectivity index (χ4n) is 3.61. The maximum Gasteiger partial charge on any atom is 0.324 e. The molecule has 150 valence electrons. The van der Waals surface area contributed by atoms with Crippen LogP contribution in [0.3, 0.4) is 0 Å². The van der Waals surface area contributed by atoms with Crippen molar-refractivity contribution >= 4 is 17.6 Å². The van der Waals surface area contributed by atoms with Crippen LogP contribution in [-0.4, -0.2) is 43.3 Å². The molecule has 1 aromatic heterocycles. The van der Waals surface area contributed by atoms with Crippen LogP contribution < -0.4 is 14.5 Å². The summed E-state index contributed by atoms with van der Waals surface area (Å²) in [6, 6.07) is 17.7. The number of piperidine rings is 1. The van der Waals surface area contributed by atoms with E-state index in [9.17, 15) is 4.79 Å². The minimum atomic E-state index is -0.106. The van der Waals surface area contributed by atoms with Crippen molar-refractivity contribution < 1.29 is 14.1 Å². The highest BCUT2D eigenvalue weighted by Gasteiger charge is 2.30. The monoisotopic (exact) mass is 392 g/mol. The van der Waals surface area contributed by atoms with E-state index in [1.54, 1.807) is 12.0 Å². The number of rotatable bonds is 5. The molecule has 29 heavy (non-hydrogen) atoms. The van der Waals surface area contributed by atoms with Gasteiger partial charge in [0.25, 0.3) is 0 Å². The van der Waals surface area contributed by atoms with Gasteiger partial charge in [0.2, 0.25) is 11.7 Å². The Hall–Kier alpha value is -3.35. The van der Waals surface area contributed by atoms with E-state index in [1.807, 2.05) is 66.5 Å². The summed E-state index contributed by atoms with van der Waals surface area (Å²) >= 11 is 0. The van der Waals surface area contributed by atoms with Gasteiger partial charge in [-0.2, -0.15) is 4.98 Å². The molecule has 1 aliphatic rings. The van der Waals surface area contributed by atoms with Crippen molar-refractivity contribution in [2.24, 2.45) is 5.92 Å². The van der Waals surface area contributed by atoms with Gasteiger partial charge in [0.1, 0.15) is 5.75 Å². The summed E-state index contributed by atoms with van der Waals surface area (Å²) in [5.74, 6) is 1.30. The van der Waals surface area contributed by atoms with E-state index in [-0.39, 0.29) is 11.8 Å². The number of carbonyl (C=O) groups is 1. The van der Waals surface area contributed by atoms with Crippen LogP contribution in [0.1, 0.15) is 12.8 Å². The van der Waals surface area contributed by atoms with Gasteiger partial charge >= 0.3 is 6.01 Å². The highest BCUT2D eigenvalue weighted by atomic mass is 16.5. The first-order valence-electron chi connectivity index (χ1n) is 9.71. The molecule has 4 rings (SSSR count). The van der Waals surface area contributed by atoms with Crippen LogP contribution >= 0.6 is 0 Å². The predicted molar refractivity (Wildman–Crippen MR) is 111 cm³/mol. The molecule has 1 atom stereocenters. The van der Waals surface area contributed by atoms with Gasteiger partial charge < -0.3 is 19.1 Å². The molecule has 0 N–H and O–H groups in total. The number of hydrogen-bond acceptors (Lipinski definition) is 6. The van der Waals surface area contributed by atoms with Crippen molar-refractivity contribution in [2.75, 3.05) is 37.0 Å². The molecule has 3 aromatic rings. The van der Waals surface area contributed by atoms with Crippen molar-refractivity contribution in [2.45, 2.75) is 12.8 Å². The lowest BCUT2D eigenvalue weighted by atomic mass is 9.96. The summed E-state index contributed by atoms with van der Waals surface area (Å²) in [4.78, 5) is 21.3.